The molecule has 0 amide bonds. The number of ether oxygens (including phenoxy) is 2. The first-order valence-electron chi connectivity index (χ1n) is 7.40. The standard InChI is InChI=1S/C18H17N3O3/c1-23-15-9-5-6-10-16(15)24-18(22)14-11-12-21(20-17(14)19)13-7-3-2-4-8-13/h2-12,14H,1H3,(H2,19,20). The van der Waals surface area contributed by atoms with Gasteiger partial charge in [0.15, 0.2) is 11.5 Å². The number of carbonyl (C=O) groups is 1. The van der Waals surface area contributed by atoms with E-state index in [1.807, 2.05) is 30.3 Å². The highest BCUT2D eigenvalue weighted by Crippen LogP contribution is 2.27. The molecule has 2 aromatic carbocycles. The lowest BCUT2D eigenvalue weighted by Crippen LogP contribution is -2.36. The number of hydrazone groups is 1. The van der Waals surface area contributed by atoms with Crippen molar-refractivity contribution in [2.75, 3.05) is 12.1 Å². The summed E-state index contributed by atoms with van der Waals surface area (Å²) >= 11 is 0. The van der Waals surface area contributed by atoms with Gasteiger partial charge in [-0.1, -0.05) is 30.3 Å². The molecule has 3 rings (SSSR count). The number of amidine groups is 1. The summed E-state index contributed by atoms with van der Waals surface area (Å²) in [4.78, 5) is 12.4. The second kappa shape index (κ2) is 6.87. The molecule has 1 heterocycles. The van der Waals surface area contributed by atoms with E-state index < -0.39 is 11.9 Å². The van der Waals surface area contributed by atoms with Crippen LogP contribution in [0.15, 0.2) is 72.0 Å². The highest BCUT2D eigenvalue weighted by molar-refractivity contribution is 6.03. The van der Waals surface area contributed by atoms with Gasteiger partial charge in [-0.05, 0) is 30.3 Å². The summed E-state index contributed by atoms with van der Waals surface area (Å²) in [7, 11) is 1.51. The van der Waals surface area contributed by atoms with E-state index in [0.717, 1.165) is 5.69 Å². The summed E-state index contributed by atoms with van der Waals surface area (Å²) in [5.74, 6) is -0.260. The predicted molar refractivity (Wildman–Crippen MR) is 91.8 cm³/mol. The number of hydrogen-bond acceptors (Lipinski definition) is 6. The highest BCUT2D eigenvalue weighted by Gasteiger charge is 2.26. The van der Waals surface area contributed by atoms with Crippen LogP contribution in [0.25, 0.3) is 0 Å². The van der Waals surface area contributed by atoms with Crippen molar-refractivity contribution in [3.05, 3.63) is 66.9 Å². The number of benzene rings is 2. The number of anilines is 1. The van der Waals surface area contributed by atoms with Crippen LogP contribution < -0.4 is 20.2 Å². The maximum Gasteiger partial charge on any atom is 0.326 e. The third-order valence-corrected chi connectivity index (χ3v) is 3.52. The molecule has 0 aliphatic carbocycles. The van der Waals surface area contributed by atoms with Gasteiger partial charge in [-0.15, -0.1) is 0 Å². The van der Waals surface area contributed by atoms with Crippen LogP contribution in [0.3, 0.4) is 0 Å². The van der Waals surface area contributed by atoms with Gasteiger partial charge in [0.05, 0.1) is 12.8 Å². The smallest absolute Gasteiger partial charge is 0.326 e. The van der Waals surface area contributed by atoms with E-state index in [-0.39, 0.29) is 5.84 Å². The zero-order valence-electron chi connectivity index (χ0n) is 13.1. The molecule has 2 aromatic rings. The molecular weight excluding hydrogens is 306 g/mol. The van der Waals surface area contributed by atoms with Crippen LogP contribution in [0.4, 0.5) is 5.69 Å². The number of hydrogen-bond donors (Lipinski definition) is 1. The lowest BCUT2D eigenvalue weighted by Gasteiger charge is -2.22. The Morgan fingerprint density at radius 3 is 2.42 bits per heavy atom. The fraction of sp³-hybridized carbons (Fsp3) is 0.111. The van der Waals surface area contributed by atoms with E-state index >= 15 is 0 Å². The van der Waals surface area contributed by atoms with E-state index in [2.05, 4.69) is 5.10 Å². The molecular formula is C18H17N3O3. The third kappa shape index (κ3) is 3.22. The summed E-state index contributed by atoms with van der Waals surface area (Å²) in [6.07, 6.45) is 3.35. The Bertz CT molecular complexity index is 787. The van der Waals surface area contributed by atoms with Crippen LogP contribution in [0.5, 0.6) is 11.5 Å². The first-order valence-corrected chi connectivity index (χ1v) is 7.40. The summed E-state index contributed by atoms with van der Waals surface area (Å²) in [6.45, 7) is 0. The molecule has 122 valence electrons. The number of carbonyl (C=O) groups excluding carboxylic acids is 1. The Hall–Kier alpha value is -3.28. The second-order valence-corrected chi connectivity index (χ2v) is 5.10. The third-order valence-electron chi connectivity index (χ3n) is 3.52. The number of para-hydroxylation sites is 3. The molecule has 0 saturated heterocycles. The van der Waals surface area contributed by atoms with Crippen LogP contribution >= 0.6 is 0 Å². The van der Waals surface area contributed by atoms with Gasteiger partial charge in [0.25, 0.3) is 0 Å². The van der Waals surface area contributed by atoms with Gasteiger partial charge in [-0.3, -0.25) is 4.79 Å². The molecule has 0 spiro atoms. The first kappa shape index (κ1) is 15.6. The van der Waals surface area contributed by atoms with E-state index in [0.29, 0.717) is 11.5 Å². The minimum atomic E-state index is -0.741. The maximum atomic E-state index is 12.4. The SMILES string of the molecule is COc1ccccc1OC(=O)C1C=CN(c2ccccc2)N=C1N. The van der Waals surface area contributed by atoms with Gasteiger partial charge in [-0.25, -0.2) is 5.01 Å². The normalized spacial score (nSPS) is 16.5. The molecule has 1 aliphatic rings. The van der Waals surface area contributed by atoms with E-state index in [4.69, 9.17) is 15.2 Å². The van der Waals surface area contributed by atoms with Gasteiger partial charge in [0.1, 0.15) is 11.8 Å². The summed E-state index contributed by atoms with van der Waals surface area (Å²) in [6, 6.07) is 16.4. The highest BCUT2D eigenvalue weighted by atomic mass is 16.6. The Kier molecular flexibility index (Phi) is 4.47. The lowest BCUT2D eigenvalue weighted by molar-refractivity contribution is -0.135. The molecule has 2 N–H and O–H groups in total. The minimum absolute atomic E-state index is 0.168. The van der Waals surface area contributed by atoms with Crippen molar-refractivity contribution in [2.24, 2.45) is 16.8 Å². The van der Waals surface area contributed by atoms with Gasteiger partial charge in [0.2, 0.25) is 0 Å². The fourth-order valence-corrected chi connectivity index (χ4v) is 2.28. The maximum absolute atomic E-state index is 12.4. The molecule has 6 nitrogen and oxygen atoms in total. The number of methoxy groups -OCH3 is 1. The van der Waals surface area contributed by atoms with Crippen LogP contribution in [0.1, 0.15) is 0 Å². The Morgan fingerprint density at radius 2 is 1.75 bits per heavy atom. The summed E-state index contributed by atoms with van der Waals surface area (Å²) in [5, 5.41) is 5.86. The largest absolute Gasteiger partial charge is 0.493 e. The first-order chi connectivity index (χ1) is 11.7. The molecule has 0 radical (unpaired) electrons. The average molecular weight is 323 g/mol. The molecule has 1 unspecified atom stereocenters. The Balaban J connectivity index is 1.74. The zero-order chi connectivity index (χ0) is 16.9. The van der Waals surface area contributed by atoms with E-state index in [1.165, 1.54) is 7.11 Å². The summed E-state index contributed by atoms with van der Waals surface area (Å²) in [5.41, 5.74) is 6.81. The molecule has 0 fully saturated rings. The number of nitrogens with two attached hydrogens (primary N) is 1. The zero-order valence-corrected chi connectivity index (χ0v) is 13.1. The summed E-state index contributed by atoms with van der Waals surface area (Å²) < 4.78 is 10.6. The molecule has 1 atom stereocenters. The van der Waals surface area contributed by atoms with Gasteiger partial charge >= 0.3 is 5.97 Å². The van der Waals surface area contributed by atoms with Crippen molar-refractivity contribution in [1.29, 1.82) is 0 Å². The van der Waals surface area contributed by atoms with Crippen LogP contribution in [0.2, 0.25) is 0 Å². The van der Waals surface area contributed by atoms with Crippen molar-refractivity contribution in [3.63, 3.8) is 0 Å². The Morgan fingerprint density at radius 1 is 1.08 bits per heavy atom. The number of esters is 1. The van der Waals surface area contributed by atoms with Gasteiger partial charge in [0, 0.05) is 6.20 Å². The molecule has 24 heavy (non-hydrogen) atoms. The molecule has 0 bridgehead atoms. The van der Waals surface area contributed by atoms with Crippen molar-refractivity contribution < 1.29 is 14.3 Å². The molecule has 1 aliphatic heterocycles. The number of rotatable bonds is 4. The Labute approximate surface area is 139 Å². The molecule has 0 aromatic heterocycles. The lowest BCUT2D eigenvalue weighted by atomic mass is 10.1. The van der Waals surface area contributed by atoms with E-state index in [1.54, 1.807) is 41.6 Å². The van der Waals surface area contributed by atoms with Crippen LogP contribution in [-0.4, -0.2) is 18.9 Å². The topological polar surface area (TPSA) is 77.2 Å². The van der Waals surface area contributed by atoms with Gasteiger partial charge in [-0.2, -0.15) is 5.10 Å². The van der Waals surface area contributed by atoms with E-state index in [9.17, 15) is 4.79 Å². The fourth-order valence-electron chi connectivity index (χ4n) is 2.28. The van der Waals surface area contributed by atoms with Crippen LogP contribution in [-0.2, 0) is 4.79 Å². The van der Waals surface area contributed by atoms with Crippen molar-refractivity contribution in [2.45, 2.75) is 0 Å². The van der Waals surface area contributed by atoms with Crippen LogP contribution in [0, 0.1) is 5.92 Å². The second-order valence-electron chi connectivity index (χ2n) is 5.10. The molecule has 6 heteroatoms. The average Bonchev–Trinajstić information content (AvgIpc) is 2.62. The van der Waals surface area contributed by atoms with Crippen molar-refractivity contribution in [1.82, 2.24) is 0 Å². The van der Waals surface area contributed by atoms with Crippen molar-refractivity contribution >= 4 is 17.5 Å². The molecule has 0 saturated carbocycles. The van der Waals surface area contributed by atoms with Gasteiger partial charge < -0.3 is 15.2 Å². The monoisotopic (exact) mass is 323 g/mol. The number of nitrogens with zero attached hydrogens (tertiary/aromatic N) is 2. The van der Waals surface area contributed by atoms with Crippen molar-refractivity contribution in [3.8, 4) is 11.5 Å². The quantitative estimate of drug-likeness (QED) is 0.691. The predicted octanol–water partition coefficient (Wildman–Crippen LogP) is 2.52. The minimum Gasteiger partial charge on any atom is -0.493 e.